The number of allylic oxidation sites excluding steroid dienone is 1. The quantitative estimate of drug-likeness (QED) is 0.243. The summed E-state index contributed by atoms with van der Waals surface area (Å²) in [6, 6.07) is 22.4. The van der Waals surface area contributed by atoms with E-state index in [0.29, 0.717) is 37.6 Å². The van der Waals surface area contributed by atoms with E-state index in [0.717, 1.165) is 41.7 Å². The molecule has 0 N–H and O–H groups in total. The van der Waals surface area contributed by atoms with Crippen molar-refractivity contribution in [3.8, 4) is 11.3 Å². The molecule has 196 valence electrons. The number of hydrogen-bond donors (Lipinski definition) is 0. The van der Waals surface area contributed by atoms with Crippen LogP contribution in [0.4, 0.5) is 0 Å². The summed E-state index contributed by atoms with van der Waals surface area (Å²) in [5, 5.41) is 12.7. The van der Waals surface area contributed by atoms with Gasteiger partial charge < -0.3 is 4.52 Å². The summed E-state index contributed by atoms with van der Waals surface area (Å²) in [6.45, 7) is 1.74. The molecule has 1 saturated carbocycles. The van der Waals surface area contributed by atoms with Crippen LogP contribution in [0.5, 0.6) is 0 Å². The first-order chi connectivity index (χ1) is 18.9. The molecule has 1 aromatic heterocycles. The lowest BCUT2D eigenvalue weighted by molar-refractivity contribution is 0.0679. The molecule has 2 heterocycles. The number of rotatable bonds is 4. The predicted octanol–water partition coefficient (Wildman–Crippen LogP) is 9.05. The second-order valence-corrected chi connectivity index (χ2v) is 11.1. The Bertz CT molecular complexity index is 1610. The molecule has 8 heteroatoms. The molecule has 4 aromatic rings. The van der Waals surface area contributed by atoms with Gasteiger partial charge in [0, 0.05) is 21.5 Å². The Kier molecular flexibility index (Phi) is 7.06. The van der Waals surface area contributed by atoms with Crippen LogP contribution in [0.3, 0.4) is 0 Å². The van der Waals surface area contributed by atoms with Crippen LogP contribution in [0.1, 0.15) is 52.5 Å². The highest BCUT2D eigenvalue weighted by Gasteiger charge is 2.45. The SMILES string of the molecule is Cc1onc(-c2ccccc2Cl)c1C(=O)N1N=C2/C(=C\c3ccc(Cl)cc3)CCC[C@H]2[C@H]1c1ccc(Cl)cc1. The van der Waals surface area contributed by atoms with Crippen LogP contribution >= 0.6 is 34.8 Å². The number of amides is 1. The van der Waals surface area contributed by atoms with Crippen molar-refractivity contribution in [1.82, 2.24) is 10.2 Å². The molecular formula is C31H24Cl3N3O2. The van der Waals surface area contributed by atoms with E-state index in [9.17, 15) is 4.79 Å². The van der Waals surface area contributed by atoms with E-state index in [2.05, 4.69) is 11.2 Å². The van der Waals surface area contributed by atoms with Gasteiger partial charge in [-0.3, -0.25) is 4.79 Å². The maximum Gasteiger partial charge on any atom is 0.280 e. The van der Waals surface area contributed by atoms with Gasteiger partial charge in [0.1, 0.15) is 17.0 Å². The van der Waals surface area contributed by atoms with Crippen LogP contribution in [-0.4, -0.2) is 21.8 Å². The van der Waals surface area contributed by atoms with Crippen molar-refractivity contribution in [3.05, 3.63) is 116 Å². The van der Waals surface area contributed by atoms with E-state index >= 15 is 0 Å². The summed E-state index contributed by atoms with van der Waals surface area (Å²) in [7, 11) is 0. The normalized spacial score (nSPS) is 19.7. The van der Waals surface area contributed by atoms with Gasteiger partial charge in [-0.1, -0.05) is 82.4 Å². The fourth-order valence-electron chi connectivity index (χ4n) is 5.50. The standard InChI is InChI=1S/C31H24Cl3N3O2/c1-18-27(29(36-39-18)24-6-2-3-8-26(24)34)31(38)37-30(20-11-15-23(33)16-12-20)25-7-4-5-21(28(25)35-37)17-19-9-13-22(32)14-10-19/h2-3,6,8-17,25,30H,4-5,7H2,1H3/b21-17-/t25-,30-/m1/s1. The number of benzene rings is 3. The zero-order valence-corrected chi connectivity index (χ0v) is 23.3. The first-order valence-electron chi connectivity index (χ1n) is 12.8. The highest BCUT2D eigenvalue weighted by molar-refractivity contribution is 6.33. The summed E-state index contributed by atoms with van der Waals surface area (Å²) >= 11 is 18.8. The third-order valence-electron chi connectivity index (χ3n) is 7.34. The lowest BCUT2D eigenvalue weighted by Crippen LogP contribution is -2.32. The summed E-state index contributed by atoms with van der Waals surface area (Å²) < 4.78 is 5.53. The lowest BCUT2D eigenvalue weighted by atomic mass is 9.77. The molecule has 5 nitrogen and oxygen atoms in total. The van der Waals surface area contributed by atoms with Crippen molar-refractivity contribution in [1.29, 1.82) is 0 Å². The van der Waals surface area contributed by atoms with E-state index in [1.807, 2.05) is 66.7 Å². The second kappa shape index (κ2) is 10.6. The summed E-state index contributed by atoms with van der Waals surface area (Å²) in [5.41, 5.74) is 5.46. The van der Waals surface area contributed by atoms with Crippen molar-refractivity contribution in [2.75, 3.05) is 0 Å². The number of hydrazone groups is 1. The molecule has 3 aromatic carbocycles. The molecule has 1 aliphatic heterocycles. The fourth-order valence-corrected chi connectivity index (χ4v) is 5.97. The Morgan fingerprint density at radius 2 is 1.67 bits per heavy atom. The Morgan fingerprint density at radius 3 is 2.38 bits per heavy atom. The highest BCUT2D eigenvalue weighted by atomic mass is 35.5. The third kappa shape index (κ3) is 4.91. The third-order valence-corrected chi connectivity index (χ3v) is 8.17. The van der Waals surface area contributed by atoms with Crippen molar-refractivity contribution in [2.45, 2.75) is 32.2 Å². The minimum atomic E-state index is -0.299. The zero-order valence-electron chi connectivity index (χ0n) is 21.1. The summed E-state index contributed by atoms with van der Waals surface area (Å²) in [4.78, 5) is 14.3. The maximum atomic E-state index is 14.3. The second-order valence-electron chi connectivity index (χ2n) is 9.79. The van der Waals surface area contributed by atoms with E-state index in [-0.39, 0.29) is 17.9 Å². The zero-order chi connectivity index (χ0) is 27.1. The van der Waals surface area contributed by atoms with Crippen molar-refractivity contribution >= 4 is 52.5 Å². The van der Waals surface area contributed by atoms with Gasteiger partial charge in [-0.25, -0.2) is 5.01 Å². The average molecular weight is 577 g/mol. The van der Waals surface area contributed by atoms with E-state index < -0.39 is 0 Å². The maximum absolute atomic E-state index is 14.3. The molecule has 2 atom stereocenters. The minimum Gasteiger partial charge on any atom is -0.360 e. The molecule has 0 saturated heterocycles. The number of nitrogens with zero attached hydrogens (tertiary/aromatic N) is 3. The van der Waals surface area contributed by atoms with Crippen molar-refractivity contribution < 1.29 is 9.32 Å². The lowest BCUT2D eigenvalue weighted by Gasteiger charge is -2.29. The molecule has 2 aliphatic rings. The molecule has 0 spiro atoms. The first-order valence-corrected chi connectivity index (χ1v) is 13.9. The van der Waals surface area contributed by atoms with Crippen LogP contribution in [-0.2, 0) is 0 Å². The molecule has 0 unspecified atom stereocenters. The van der Waals surface area contributed by atoms with Gasteiger partial charge >= 0.3 is 0 Å². The van der Waals surface area contributed by atoms with Gasteiger partial charge in [0.25, 0.3) is 5.91 Å². The fraction of sp³-hybridized carbons (Fsp3) is 0.194. The number of carbonyl (C=O) groups is 1. The Balaban J connectivity index is 1.47. The van der Waals surface area contributed by atoms with Gasteiger partial charge in [-0.05, 0) is 79.3 Å². The number of aromatic nitrogens is 1. The molecule has 1 aliphatic carbocycles. The molecule has 1 amide bonds. The smallest absolute Gasteiger partial charge is 0.280 e. The molecule has 1 fully saturated rings. The number of fused-ring (bicyclic) bond motifs is 1. The van der Waals surface area contributed by atoms with E-state index in [4.69, 9.17) is 44.4 Å². The Morgan fingerprint density at radius 1 is 0.974 bits per heavy atom. The van der Waals surface area contributed by atoms with Gasteiger partial charge in [-0.15, -0.1) is 0 Å². The van der Waals surface area contributed by atoms with Crippen LogP contribution < -0.4 is 0 Å². The predicted molar refractivity (Wildman–Crippen MR) is 156 cm³/mol. The first kappa shape index (κ1) is 25.9. The van der Waals surface area contributed by atoms with Crippen molar-refractivity contribution in [3.63, 3.8) is 0 Å². The molecule has 6 rings (SSSR count). The topological polar surface area (TPSA) is 58.7 Å². The minimum absolute atomic E-state index is 0.0337. The molecule has 0 bridgehead atoms. The number of carbonyl (C=O) groups excluding carboxylic acids is 1. The summed E-state index contributed by atoms with van der Waals surface area (Å²) in [6.07, 6.45) is 4.93. The van der Waals surface area contributed by atoms with E-state index in [1.54, 1.807) is 18.0 Å². The molecular weight excluding hydrogens is 553 g/mol. The van der Waals surface area contributed by atoms with Crippen molar-refractivity contribution in [2.24, 2.45) is 11.0 Å². The Labute approximate surface area is 241 Å². The Hall–Kier alpha value is -3.38. The monoisotopic (exact) mass is 575 g/mol. The molecule has 0 radical (unpaired) electrons. The van der Waals surface area contributed by atoms with Gasteiger partial charge in [0.2, 0.25) is 0 Å². The van der Waals surface area contributed by atoms with Crippen LogP contribution in [0.25, 0.3) is 17.3 Å². The number of halogens is 3. The molecule has 39 heavy (non-hydrogen) atoms. The number of aryl methyl sites for hydroxylation is 1. The van der Waals surface area contributed by atoms with Gasteiger partial charge in [-0.2, -0.15) is 5.10 Å². The van der Waals surface area contributed by atoms with Gasteiger partial charge in [0.05, 0.1) is 16.8 Å². The van der Waals surface area contributed by atoms with Crippen LogP contribution in [0.2, 0.25) is 15.1 Å². The highest BCUT2D eigenvalue weighted by Crippen LogP contribution is 2.46. The summed E-state index contributed by atoms with van der Waals surface area (Å²) in [5.74, 6) is 0.166. The average Bonchev–Trinajstić information content (AvgIpc) is 3.52. The number of hydrogen-bond acceptors (Lipinski definition) is 4. The van der Waals surface area contributed by atoms with Crippen LogP contribution in [0.15, 0.2) is 88.0 Å². The largest absolute Gasteiger partial charge is 0.360 e. The van der Waals surface area contributed by atoms with Crippen LogP contribution in [0, 0.1) is 12.8 Å². The van der Waals surface area contributed by atoms with Gasteiger partial charge in [0.15, 0.2) is 0 Å². The van der Waals surface area contributed by atoms with E-state index in [1.165, 1.54) is 0 Å².